The summed E-state index contributed by atoms with van der Waals surface area (Å²) in [6.45, 7) is 7.65. The Balaban J connectivity index is 2.48. The van der Waals surface area contributed by atoms with E-state index < -0.39 is 0 Å². The molecule has 1 rings (SSSR count). The van der Waals surface area contributed by atoms with Crippen LogP contribution in [0.1, 0.15) is 32.4 Å². The highest BCUT2D eigenvalue weighted by molar-refractivity contribution is 4.97. The average Bonchev–Trinajstić information content (AvgIpc) is 2.29. The van der Waals surface area contributed by atoms with Gasteiger partial charge in [-0.05, 0) is 25.8 Å². The standard InChI is InChI=1S/C12H21N3O/c1-4-11(5-2)13-8-9-15-12(16)7-6-10(3)14-15/h6-7,11,13H,4-5,8-9H2,1-3H3. The molecule has 1 heterocycles. The van der Waals surface area contributed by atoms with Gasteiger partial charge in [0.1, 0.15) is 0 Å². The molecular formula is C12H21N3O. The predicted molar refractivity (Wildman–Crippen MR) is 65.6 cm³/mol. The first kappa shape index (κ1) is 12.9. The van der Waals surface area contributed by atoms with E-state index in [1.165, 1.54) is 4.68 Å². The molecule has 0 amide bonds. The van der Waals surface area contributed by atoms with Gasteiger partial charge in [-0.25, -0.2) is 4.68 Å². The lowest BCUT2D eigenvalue weighted by Crippen LogP contribution is -2.34. The lowest BCUT2D eigenvalue weighted by atomic mass is 10.2. The van der Waals surface area contributed by atoms with E-state index in [9.17, 15) is 4.79 Å². The molecule has 16 heavy (non-hydrogen) atoms. The Kier molecular flexibility index (Phi) is 5.19. The largest absolute Gasteiger partial charge is 0.312 e. The smallest absolute Gasteiger partial charge is 0.266 e. The molecule has 0 aliphatic carbocycles. The summed E-state index contributed by atoms with van der Waals surface area (Å²) in [5, 5.41) is 7.60. The highest BCUT2D eigenvalue weighted by Crippen LogP contribution is 1.95. The van der Waals surface area contributed by atoms with Gasteiger partial charge in [-0.15, -0.1) is 0 Å². The fraction of sp³-hybridized carbons (Fsp3) is 0.667. The Morgan fingerprint density at radius 1 is 1.38 bits per heavy atom. The number of aromatic nitrogens is 2. The Labute approximate surface area is 96.7 Å². The normalized spacial score (nSPS) is 11.0. The summed E-state index contributed by atoms with van der Waals surface area (Å²) in [4.78, 5) is 11.5. The summed E-state index contributed by atoms with van der Waals surface area (Å²) in [6.07, 6.45) is 2.24. The fourth-order valence-electron chi connectivity index (χ4n) is 1.66. The van der Waals surface area contributed by atoms with Gasteiger partial charge in [-0.1, -0.05) is 13.8 Å². The van der Waals surface area contributed by atoms with Crippen LogP contribution in [0.4, 0.5) is 0 Å². The molecule has 0 aliphatic rings. The second kappa shape index (κ2) is 6.43. The number of nitrogens with zero attached hydrogens (tertiary/aromatic N) is 2. The lowest BCUT2D eigenvalue weighted by molar-refractivity contribution is 0.446. The van der Waals surface area contributed by atoms with Crippen LogP contribution in [0.25, 0.3) is 0 Å². The van der Waals surface area contributed by atoms with Gasteiger partial charge < -0.3 is 5.32 Å². The predicted octanol–water partition coefficient (Wildman–Crippen LogP) is 1.33. The summed E-state index contributed by atoms with van der Waals surface area (Å²) in [5.41, 5.74) is 0.846. The highest BCUT2D eigenvalue weighted by atomic mass is 16.1. The third kappa shape index (κ3) is 3.77. The molecule has 90 valence electrons. The van der Waals surface area contributed by atoms with Crippen molar-refractivity contribution in [1.29, 1.82) is 0 Å². The van der Waals surface area contributed by atoms with Crippen molar-refractivity contribution in [3.8, 4) is 0 Å². The Morgan fingerprint density at radius 3 is 2.69 bits per heavy atom. The van der Waals surface area contributed by atoms with Gasteiger partial charge in [-0.2, -0.15) is 5.10 Å². The van der Waals surface area contributed by atoms with Crippen LogP contribution in [0.15, 0.2) is 16.9 Å². The highest BCUT2D eigenvalue weighted by Gasteiger charge is 2.02. The number of aryl methyl sites for hydroxylation is 1. The van der Waals surface area contributed by atoms with E-state index >= 15 is 0 Å². The third-order valence-corrected chi connectivity index (χ3v) is 2.74. The number of rotatable bonds is 6. The van der Waals surface area contributed by atoms with Crippen molar-refractivity contribution in [1.82, 2.24) is 15.1 Å². The maximum atomic E-state index is 11.5. The molecule has 0 aromatic carbocycles. The van der Waals surface area contributed by atoms with E-state index in [4.69, 9.17) is 0 Å². The zero-order chi connectivity index (χ0) is 12.0. The second-order valence-electron chi connectivity index (χ2n) is 4.00. The first-order valence-corrected chi connectivity index (χ1v) is 5.95. The van der Waals surface area contributed by atoms with E-state index in [0.717, 1.165) is 25.1 Å². The Morgan fingerprint density at radius 2 is 2.06 bits per heavy atom. The fourth-order valence-corrected chi connectivity index (χ4v) is 1.66. The van der Waals surface area contributed by atoms with Crippen LogP contribution in [0.5, 0.6) is 0 Å². The molecule has 1 aromatic heterocycles. The summed E-state index contributed by atoms with van der Waals surface area (Å²) in [5.74, 6) is 0. The van der Waals surface area contributed by atoms with Gasteiger partial charge >= 0.3 is 0 Å². The zero-order valence-corrected chi connectivity index (χ0v) is 10.4. The Hall–Kier alpha value is -1.16. The molecule has 0 atom stereocenters. The summed E-state index contributed by atoms with van der Waals surface area (Å²) < 4.78 is 1.52. The quantitative estimate of drug-likeness (QED) is 0.791. The van der Waals surface area contributed by atoms with Gasteiger partial charge in [0.25, 0.3) is 5.56 Å². The Bertz CT molecular complexity index is 369. The topological polar surface area (TPSA) is 46.9 Å². The maximum absolute atomic E-state index is 11.5. The van der Waals surface area contributed by atoms with Gasteiger partial charge in [-0.3, -0.25) is 4.79 Å². The van der Waals surface area contributed by atoms with Crippen molar-refractivity contribution in [2.75, 3.05) is 6.54 Å². The molecule has 0 aliphatic heterocycles. The monoisotopic (exact) mass is 223 g/mol. The molecule has 0 spiro atoms. The van der Waals surface area contributed by atoms with Crippen LogP contribution in [0.3, 0.4) is 0 Å². The van der Waals surface area contributed by atoms with E-state index in [0.29, 0.717) is 12.6 Å². The summed E-state index contributed by atoms with van der Waals surface area (Å²) in [7, 11) is 0. The van der Waals surface area contributed by atoms with Crippen LogP contribution in [0.2, 0.25) is 0 Å². The lowest BCUT2D eigenvalue weighted by Gasteiger charge is -2.14. The van der Waals surface area contributed by atoms with Gasteiger partial charge in [0.05, 0.1) is 12.2 Å². The van der Waals surface area contributed by atoms with E-state index in [2.05, 4.69) is 24.3 Å². The van der Waals surface area contributed by atoms with Crippen molar-refractivity contribution in [2.45, 2.75) is 46.2 Å². The number of hydrogen-bond acceptors (Lipinski definition) is 3. The van der Waals surface area contributed by atoms with Crippen molar-refractivity contribution >= 4 is 0 Å². The molecule has 4 nitrogen and oxygen atoms in total. The van der Waals surface area contributed by atoms with E-state index in [-0.39, 0.29) is 5.56 Å². The molecule has 0 unspecified atom stereocenters. The van der Waals surface area contributed by atoms with Crippen LogP contribution in [-0.2, 0) is 6.54 Å². The van der Waals surface area contributed by atoms with E-state index in [1.54, 1.807) is 12.1 Å². The minimum Gasteiger partial charge on any atom is -0.312 e. The molecular weight excluding hydrogens is 202 g/mol. The molecule has 1 N–H and O–H groups in total. The molecule has 0 fully saturated rings. The van der Waals surface area contributed by atoms with Crippen molar-refractivity contribution in [3.63, 3.8) is 0 Å². The SMILES string of the molecule is CCC(CC)NCCn1nc(C)ccc1=O. The first-order chi connectivity index (χ1) is 7.67. The number of hydrogen-bond donors (Lipinski definition) is 1. The average molecular weight is 223 g/mol. The minimum atomic E-state index is -0.0306. The molecule has 0 radical (unpaired) electrons. The van der Waals surface area contributed by atoms with Crippen molar-refractivity contribution in [2.24, 2.45) is 0 Å². The van der Waals surface area contributed by atoms with E-state index in [1.807, 2.05) is 6.92 Å². The third-order valence-electron chi connectivity index (χ3n) is 2.74. The first-order valence-electron chi connectivity index (χ1n) is 5.95. The van der Waals surface area contributed by atoms with Crippen LogP contribution in [0, 0.1) is 6.92 Å². The van der Waals surface area contributed by atoms with Gasteiger partial charge in [0.2, 0.25) is 0 Å². The molecule has 1 aromatic rings. The number of nitrogens with one attached hydrogen (secondary N) is 1. The van der Waals surface area contributed by atoms with Gasteiger partial charge in [0, 0.05) is 18.7 Å². The van der Waals surface area contributed by atoms with Crippen molar-refractivity contribution in [3.05, 3.63) is 28.2 Å². The maximum Gasteiger partial charge on any atom is 0.266 e. The molecule has 0 bridgehead atoms. The molecule has 4 heteroatoms. The van der Waals surface area contributed by atoms with Crippen LogP contribution in [-0.4, -0.2) is 22.4 Å². The zero-order valence-electron chi connectivity index (χ0n) is 10.4. The molecule has 0 saturated carbocycles. The van der Waals surface area contributed by atoms with Crippen LogP contribution >= 0.6 is 0 Å². The molecule has 0 saturated heterocycles. The summed E-state index contributed by atoms with van der Waals surface area (Å²) >= 11 is 0. The second-order valence-corrected chi connectivity index (χ2v) is 4.00. The summed E-state index contributed by atoms with van der Waals surface area (Å²) in [6, 6.07) is 3.85. The van der Waals surface area contributed by atoms with Gasteiger partial charge in [0.15, 0.2) is 0 Å². The minimum absolute atomic E-state index is 0.0306. The van der Waals surface area contributed by atoms with Crippen molar-refractivity contribution < 1.29 is 0 Å². The van der Waals surface area contributed by atoms with Crippen LogP contribution < -0.4 is 10.9 Å².